The summed E-state index contributed by atoms with van der Waals surface area (Å²) in [6.07, 6.45) is 1.13. The molecule has 2 rings (SSSR count). The Bertz CT molecular complexity index is 288. The molecule has 14 heavy (non-hydrogen) atoms. The first-order valence-corrected chi connectivity index (χ1v) is 5.19. The molecule has 1 aromatic rings. The Morgan fingerprint density at radius 3 is 2.36 bits per heavy atom. The van der Waals surface area contributed by atoms with E-state index in [1.807, 2.05) is 18.2 Å². The fourth-order valence-electron chi connectivity index (χ4n) is 1.80. The summed E-state index contributed by atoms with van der Waals surface area (Å²) >= 11 is 12.2. The number of hydrogen-bond acceptors (Lipinski definition) is 1. The summed E-state index contributed by atoms with van der Waals surface area (Å²) in [5.41, 5.74) is 1.11. The summed E-state index contributed by atoms with van der Waals surface area (Å²) in [5, 5.41) is 4.89. The van der Waals surface area contributed by atoms with Gasteiger partial charge in [0.1, 0.15) is 0 Å². The second-order valence-electron chi connectivity index (χ2n) is 3.33. The quantitative estimate of drug-likeness (QED) is 0.807. The first kappa shape index (κ1) is 12.1. The van der Waals surface area contributed by atoms with Crippen molar-refractivity contribution in [2.75, 3.05) is 13.1 Å². The van der Waals surface area contributed by atoms with E-state index < -0.39 is 0 Å². The topological polar surface area (TPSA) is 12.0 Å². The van der Waals surface area contributed by atoms with Crippen molar-refractivity contribution in [2.45, 2.75) is 12.3 Å². The molecule has 1 N–H and O–H groups in total. The smallest absolute Gasteiger partial charge is 0.0456 e. The van der Waals surface area contributed by atoms with Crippen LogP contribution >= 0.6 is 35.6 Å². The molecule has 0 aliphatic carbocycles. The molecule has 1 unspecified atom stereocenters. The van der Waals surface area contributed by atoms with Crippen molar-refractivity contribution in [3.05, 3.63) is 33.8 Å². The van der Waals surface area contributed by atoms with Crippen molar-refractivity contribution in [1.29, 1.82) is 0 Å². The van der Waals surface area contributed by atoms with Gasteiger partial charge in [-0.05, 0) is 30.7 Å². The summed E-state index contributed by atoms with van der Waals surface area (Å²) in [7, 11) is 0. The fraction of sp³-hybridized carbons (Fsp3) is 0.400. The van der Waals surface area contributed by atoms with Crippen LogP contribution in [0.4, 0.5) is 0 Å². The van der Waals surface area contributed by atoms with Gasteiger partial charge in [0.15, 0.2) is 0 Å². The lowest BCUT2D eigenvalue weighted by atomic mass is 9.98. The number of benzene rings is 1. The van der Waals surface area contributed by atoms with Gasteiger partial charge in [0, 0.05) is 22.5 Å². The molecule has 1 fully saturated rings. The van der Waals surface area contributed by atoms with Gasteiger partial charge in [-0.1, -0.05) is 29.3 Å². The molecule has 78 valence electrons. The molecule has 1 nitrogen and oxygen atoms in total. The van der Waals surface area contributed by atoms with E-state index >= 15 is 0 Å². The van der Waals surface area contributed by atoms with Gasteiger partial charge in [-0.3, -0.25) is 0 Å². The molecule has 0 amide bonds. The van der Waals surface area contributed by atoms with Gasteiger partial charge in [-0.2, -0.15) is 0 Å². The van der Waals surface area contributed by atoms with E-state index in [0.29, 0.717) is 5.92 Å². The van der Waals surface area contributed by atoms with Crippen LogP contribution in [0.3, 0.4) is 0 Å². The molecule has 1 aliphatic rings. The van der Waals surface area contributed by atoms with Crippen LogP contribution in [0.1, 0.15) is 17.9 Å². The molecular weight excluding hydrogens is 240 g/mol. The Labute approximate surface area is 100 Å². The predicted octanol–water partition coefficient (Wildman–Crippen LogP) is 3.49. The molecule has 4 heteroatoms. The van der Waals surface area contributed by atoms with E-state index in [1.54, 1.807) is 0 Å². The van der Waals surface area contributed by atoms with Crippen LogP contribution < -0.4 is 5.32 Å². The van der Waals surface area contributed by atoms with E-state index in [9.17, 15) is 0 Å². The van der Waals surface area contributed by atoms with Crippen molar-refractivity contribution in [1.82, 2.24) is 5.32 Å². The third kappa shape index (κ3) is 2.34. The monoisotopic (exact) mass is 251 g/mol. The predicted molar refractivity (Wildman–Crippen MR) is 63.9 cm³/mol. The van der Waals surface area contributed by atoms with Gasteiger partial charge in [-0.25, -0.2) is 0 Å². The van der Waals surface area contributed by atoms with Gasteiger partial charge < -0.3 is 5.32 Å². The zero-order valence-corrected chi connectivity index (χ0v) is 9.92. The van der Waals surface area contributed by atoms with Crippen molar-refractivity contribution in [3.8, 4) is 0 Å². The van der Waals surface area contributed by atoms with Crippen LogP contribution in [0.2, 0.25) is 10.0 Å². The van der Waals surface area contributed by atoms with Gasteiger partial charge >= 0.3 is 0 Å². The molecule has 0 saturated carbocycles. The van der Waals surface area contributed by atoms with Crippen molar-refractivity contribution >= 4 is 35.6 Å². The minimum absolute atomic E-state index is 0. The van der Waals surface area contributed by atoms with Crippen molar-refractivity contribution in [2.24, 2.45) is 0 Å². The van der Waals surface area contributed by atoms with E-state index in [-0.39, 0.29) is 12.4 Å². The van der Waals surface area contributed by atoms with E-state index in [4.69, 9.17) is 23.2 Å². The molecule has 0 bridgehead atoms. The highest BCUT2D eigenvalue weighted by Gasteiger charge is 2.21. The van der Waals surface area contributed by atoms with Crippen LogP contribution in [0.5, 0.6) is 0 Å². The average molecular weight is 253 g/mol. The average Bonchev–Trinajstić information content (AvgIpc) is 2.57. The molecule has 0 radical (unpaired) electrons. The van der Waals surface area contributed by atoms with Crippen LogP contribution in [-0.4, -0.2) is 13.1 Å². The van der Waals surface area contributed by atoms with Gasteiger partial charge in [0.2, 0.25) is 0 Å². The maximum Gasteiger partial charge on any atom is 0.0456 e. The molecule has 1 aromatic carbocycles. The fourth-order valence-corrected chi connectivity index (χ4v) is 2.51. The Balaban J connectivity index is 0.000000980. The molecule has 0 spiro atoms. The van der Waals surface area contributed by atoms with E-state index in [2.05, 4.69) is 5.32 Å². The third-order valence-corrected chi connectivity index (χ3v) is 3.13. The Hall–Kier alpha value is 0.0500. The number of hydrogen-bond donors (Lipinski definition) is 1. The summed E-state index contributed by atoms with van der Waals surface area (Å²) in [6.45, 7) is 2.05. The van der Waals surface area contributed by atoms with Crippen LogP contribution in [0, 0.1) is 0 Å². The Kier molecular flexibility index (Phi) is 4.52. The van der Waals surface area contributed by atoms with Gasteiger partial charge in [0.05, 0.1) is 0 Å². The first-order valence-electron chi connectivity index (χ1n) is 4.43. The van der Waals surface area contributed by atoms with Gasteiger partial charge in [-0.15, -0.1) is 12.4 Å². The summed E-state index contributed by atoms with van der Waals surface area (Å²) < 4.78 is 0. The molecule has 1 saturated heterocycles. The highest BCUT2D eigenvalue weighted by molar-refractivity contribution is 6.36. The zero-order valence-electron chi connectivity index (χ0n) is 7.59. The minimum atomic E-state index is 0. The molecule has 1 heterocycles. The normalized spacial score (nSPS) is 20.6. The summed E-state index contributed by atoms with van der Waals surface area (Å²) in [6, 6.07) is 5.69. The summed E-state index contributed by atoms with van der Waals surface area (Å²) in [4.78, 5) is 0. The summed E-state index contributed by atoms with van der Waals surface area (Å²) in [5.74, 6) is 0.487. The van der Waals surface area contributed by atoms with Crippen molar-refractivity contribution in [3.63, 3.8) is 0 Å². The third-order valence-electron chi connectivity index (χ3n) is 2.47. The highest BCUT2D eigenvalue weighted by Crippen LogP contribution is 2.34. The van der Waals surface area contributed by atoms with Gasteiger partial charge in [0.25, 0.3) is 0 Å². The Morgan fingerprint density at radius 2 is 1.86 bits per heavy atom. The number of rotatable bonds is 1. The highest BCUT2D eigenvalue weighted by atomic mass is 35.5. The lowest BCUT2D eigenvalue weighted by Crippen LogP contribution is -2.08. The number of halogens is 3. The van der Waals surface area contributed by atoms with Crippen LogP contribution in [0.15, 0.2) is 18.2 Å². The molecular formula is C10H12Cl3N. The van der Waals surface area contributed by atoms with E-state index in [0.717, 1.165) is 35.1 Å². The van der Waals surface area contributed by atoms with Crippen LogP contribution in [-0.2, 0) is 0 Å². The molecule has 1 aliphatic heterocycles. The van der Waals surface area contributed by atoms with E-state index in [1.165, 1.54) is 0 Å². The lowest BCUT2D eigenvalue weighted by molar-refractivity contribution is 0.764. The SMILES string of the molecule is Cl.Clc1cccc(Cl)c1C1CCNC1. The van der Waals surface area contributed by atoms with Crippen molar-refractivity contribution < 1.29 is 0 Å². The molecule has 1 atom stereocenters. The standard InChI is InChI=1S/C10H11Cl2N.ClH/c11-8-2-1-3-9(12)10(8)7-4-5-13-6-7;/h1-3,7,13H,4-6H2;1H. The largest absolute Gasteiger partial charge is 0.316 e. The Morgan fingerprint density at radius 1 is 1.21 bits per heavy atom. The second-order valence-corrected chi connectivity index (χ2v) is 4.14. The number of nitrogens with one attached hydrogen (secondary N) is 1. The second kappa shape index (κ2) is 5.22. The van der Waals surface area contributed by atoms with Crippen LogP contribution in [0.25, 0.3) is 0 Å². The maximum absolute atomic E-state index is 6.10. The maximum atomic E-state index is 6.10. The molecule has 0 aromatic heterocycles. The minimum Gasteiger partial charge on any atom is -0.316 e. The first-order chi connectivity index (χ1) is 6.29. The zero-order chi connectivity index (χ0) is 9.26. The lowest BCUT2D eigenvalue weighted by Gasteiger charge is -2.12.